The second-order valence-electron chi connectivity index (χ2n) is 8.18. The summed E-state index contributed by atoms with van der Waals surface area (Å²) in [6.07, 6.45) is 5.83. The largest absolute Gasteiger partial charge is 0.381 e. The Morgan fingerprint density at radius 3 is 2.58 bits per heavy atom. The molecule has 1 amide bonds. The van der Waals surface area contributed by atoms with E-state index in [0.717, 1.165) is 43.3 Å². The van der Waals surface area contributed by atoms with Crippen LogP contribution >= 0.6 is 24.0 Å². The molecule has 33 heavy (non-hydrogen) atoms. The number of hydrogen-bond acceptors (Lipinski definition) is 5. The molecule has 1 N–H and O–H groups in total. The standard InChI is InChI=1S/C23H32N6O3.HI/c1-24-23(28-9-10-29(22(30)16-28)20-14-26-27(2)15-20)25-13-18-3-5-19(6-4-18)17-32-21-7-11-31-12-8-21;/h3-6,14-15,21H,7-13,16-17H2,1-2H3,(H,24,25);1H. The molecule has 0 saturated carbocycles. The molecule has 0 atom stereocenters. The van der Waals surface area contributed by atoms with E-state index in [1.54, 1.807) is 22.8 Å². The van der Waals surface area contributed by atoms with Crippen molar-refractivity contribution in [1.29, 1.82) is 0 Å². The fraction of sp³-hybridized carbons (Fsp3) is 0.522. The Morgan fingerprint density at radius 1 is 1.21 bits per heavy atom. The summed E-state index contributed by atoms with van der Waals surface area (Å²) in [5.74, 6) is 0.775. The molecule has 2 aliphatic heterocycles. The van der Waals surface area contributed by atoms with E-state index in [4.69, 9.17) is 9.47 Å². The molecular formula is C23H33IN6O3. The molecular weight excluding hydrogens is 535 g/mol. The summed E-state index contributed by atoms with van der Waals surface area (Å²) in [5.41, 5.74) is 3.16. The molecule has 0 aliphatic carbocycles. The number of carbonyl (C=O) groups excluding carboxylic acids is 1. The van der Waals surface area contributed by atoms with Crippen molar-refractivity contribution in [1.82, 2.24) is 20.0 Å². The highest BCUT2D eigenvalue weighted by Gasteiger charge is 2.27. The SMILES string of the molecule is CN=C(NCc1ccc(COC2CCOCC2)cc1)N1CCN(c2cnn(C)c2)C(=O)C1.I. The summed E-state index contributed by atoms with van der Waals surface area (Å²) < 4.78 is 13.1. The maximum atomic E-state index is 12.7. The first-order valence-electron chi connectivity index (χ1n) is 11.1. The van der Waals surface area contributed by atoms with Gasteiger partial charge in [-0.15, -0.1) is 24.0 Å². The number of benzene rings is 1. The van der Waals surface area contributed by atoms with Crippen LogP contribution in [0.1, 0.15) is 24.0 Å². The fourth-order valence-corrected chi connectivity index (χ4v) is 4.00. The Kier molecular flexibility index (Phi) is 9.51. The van der Waals surface area contributed by atoms with Gasteiger partial charge in [-0.2, -0.15) is 5.10 Å². The molecule has 1 aromatic carbocycles. The lowest BCUT2D eigenvalue weighted by atomic mass is 10.1. The maximum absolute atomic E-state index is 12.7. The first kappa shape index (κ1) is 25.4. The molecule has 4 rings (SSSR count). The lowest BCUT2D eigenvalue weighted by molar-refractivity contribution is -0.120. The minimum absolute atomic E-state index is 0. The predicted octanol–water partition coefficient (Wildman–Crippen LogP) is 2.16. The van der Waals surface area contributed by atoms with Crippen LogP contribution in [0.5, 0.6) is 0 Å². The van der Waals surface area contributed by atoms with Gasteiger partial charge in [-0.1, -0.05) is 24.3 Å². The van der Waals surface area contributed by atoms with Crippen LogP contribution in [-0.4, -0.2) is 72.5 Å². The predicted molar refractivity (Wildman–Crippen MR) is 138 cm³/mol. The molecule has 0 unspecified atom stereocenters. The van der Waals surface area contributed by atoms with E-state index in [-0.39, 0.29) is 36.4 Å². The highest BCUT2D eigenvalue weighted by Crippen LogP contribution is 2.17. The second-order valence-corrected chi connectivity index (χ2v) is 8.18. The van der Waals surface area contributed by atoms with Crippen molar-refractivity contribution in [2.75, 3.05) is 44.8 Å². The van der Waals surface area contributed by atoms with E-state index in [1.165, 1.54) is 5.56 Å². The lowest BCUT2D eigenvalue weighted by Crippen LogP contribution is -2.55. The molecule has 180 valence electrons. The van der Waals surface area contributed by atoms with Crippen molar-refractivity contribution >= 4 is 41.5 Å². The molecule has 2 saturated heterocycles. The van der Waals surface area contributed by atoms with Crippen LogP contribution < -0.4 is 10.2 Å². The number of anilines is 1. The highest BCUT2D eigenvalue weighted by molar-refractivity contribution is 14.0. The monoisotopic (exact) mass is 568 g/mol. The normalized spacial score (nSPS) is 17.8. The Balaban J connectivity index is 0.00000306. The smallest absolute Gasteiger partial charge is 0.246 e. The highest BCUT2D eigenvalue weighted by atomic mass is 127. The van der Waals surface area contributed by atoms with E-state index in [1.807, 2.05) is 18.1 Å². The third kappa shape index (κ3) is 6.90. The number of hydrogen-bond donors (Lipinski definition) is 1. The van der Waals surface area contributed by atoms with E-state index in [2.05, 4.69) is 39.7 Å². The van der Waals surface area contributed by atoms with Gasteiger partial charge in [0, 0.05) is 53.1 Å². The van der Waals surface area contributed by atoms with Crippen LogP contribution in [0.2, 0.25) is 0 Å². The van der Waals surface area contributed by atoms with E-state index >= 15 is 0 Å². The van der Waals surface area contributed by atoms with Crippen molar-refractivity contribution in [3.05, 3.63) is 47.8 Å². The van der Waals surface area contributed by atoms with Crippen molar-refractivity contribution < 1.29 is 14.3 Å². The molecule has 9 nitrogen and oxygen atoms in total. The third-order valence-corrected chi connectivity index (χ3v) is 5.86. The van der Waals surface area contributed by atoms with Crippen LogP contribution in [0.25, 0.3) is 0 Å². The summed E-state index contributed by atoms with van der Waals surface area (Å²) >= 11 is 0. The first-order chi connectivity index (χ1) is 15.6. The van der Waals surface area contributed by atoms with Crippen LogP contribution in [0.3, 0.4) is 0 Å². The Bertz CT molecular complexity index is 927. The average molecular weight is 568 g/mol. The van der Waals surface area contributed by atoms with Crippen LogP contribution in [0.15, 0.2) is 41.7 Å². The number of nitrogens with zero attached hydrogens (tertiary/aromatic N) is 5. The van der Waals surface area contributed by atoms with Crippen LogP contribution in [0.4, 0.5) is 5.69 Å². The number of nitrogens with one attached hydrogen (secondary N) is 1. The number of aromatic nitrogens is 2. The van der Waals surface area contributed by atoms with E-state index in [0.29, 0.717) is 32.3 Å². The van der Waals surface area contributed by atoms with E-state index < -0.39 is 0 Å². The minimum Gasteiger partial charge on any atom is -0.381 e. The number of amides is 1. The summed E-state index contributed by atoms with van der Waals surface area (Å²) in [7, 11) is 3.60. The topological polar surface area (TPSA) is 84.2 Å². The van der Waals surface area contributed by atoms with Crippen molar-refractivity contribution in [2.24, 2.45) is 12.0 Å². The van der Waals surface area contributed by atoms with Crippen molar-refractivity contribution in [3.8, 4) is 0 Å². The fourth-order valence-electron chi connectivity index (χ4n) is 4.00. The number of ether oxygens (including phenoxy) is 2. The van der Waals surface area contributed by atoms with Gasteiger partial charge in [0.1, 0.15) is 6.54 Å². The number of carbonyl (C=O) groups is 1. The molecule has 1 aromatic heterocycles. The summed E-state index contributed by atoms with van der Waals surface area (Å²) in [4.78, 5) is 20.8. The van der Waals surface area contributed by atoms with Gasteiger partial charge in [-0.05, 0) is 24.0 Å². The summed E-state index contributed by atoms with van der Waals surface area (Å²) in [6.45, 7) is 4.46. The Labute approximate surface area is 212 Å². The van der Waals surface area contributed by atoms with Gasteiger partial charge in [0.15, 0.2) is 5.96 Å². The molecule has 3 heterocycles. The molecule has 2 aromatic rings. The van der Waals surface area contributed by atoms with Crippen LogP contribution in [0, 0.1) is 0 Å². The van der Waals surface area contributed by atoms with Gasteiger partial charge in [-0.3, -0.25) is 14.5 Å². The summed E-state index contributed by atoms with van der Waals surface area (Å²) in [5, 5.41) is 7.54. The van der Waals surface area contributed by atoms with E-state index in [9.17, 15) is 4.79 Å². The van der Waals surface area contributed by atoms with Gasteiger partial charge < -0.3 is 24.6 Å². The average Bonchev–Trinajstić information content (AvgIpc) is 3.25. The quantitative estimate of drug-likeness (QED) is 0.327. The number of aliphatic imine (C=N–C) groups is 1. The molecule has 0 radical (unpaired) electrons. The molecule has 2 fully saturated rings. The van der Waals surface area contributed by atoms with Gasteiger partial charge in [0.05, 0.1) is 24.6 Å². The molecule has 0 bridgehead atoms. The minimum atomic E-state index is 0. The van der Waals surface area contributed by atoms with Gasteiger partial charge in [0.2, 0.25) is 5.91 Å². The molecule has 0 spiro atoms. The second kappa shape index (κ2) is 12.3. The number of rotatable bonds is 6. The Morgan fingerprint density at radius 2 is 1.94 bits per heavy atom. The zero-order valence-corrected chi connectivity index (χ0v) is 21.6. The lowest BCUT2D eigenvalue weighted by Gasteiger charge is -2.35. The summed E-state index contributed by atoms with van der Waals surface area (Å²) in [6, 6.07) is 8.42. The zero-order valence-electron chi connectivity index (χ0n) is 19.3. The number of halogens is 1. The first-order valence-corrected chi connectivity index (χ1v) is 11.1. The van der Waals surface area contributed by atoms with Crippen LogP contribution in [-0.2, 0) is 34.5 Å². The van der Waals surface area contributed by atoms with Crippen molar-refractivity contribution in [3.63, 3.8) is 0 Å². The van der Waals surface area contributed by atoms with Gasteiger partial charge >= 0.3 is 0 Å². The Hall–Kier alpha value is -2.18. The number of guanidine groups is 1. The zero-order chi connectivity index (χ0) is 22.3. The molecule has 10 heteroatoms. The van der Waals surface area contributed by atoms with Gasteiger partial charge in [0.25, 0.3) is 0 Å². The van der Waals surface area contributed by atoms with Gasteiger partial charge in [-0.25, -0.2) is 0 Å². The molecule has 2 aliphatic rings. The van der Waals surface area contributed by atoms with Crippen molar-refractivity contribution in [2.45, 2.75) is 32.1 Å². The number of aryl methyl sites for hydroxylation is 1. The maximum Gasteiger partial charge on any atom is 0.246 e. The third-order valence-electron chi connectivity index (χ3n) is 5.86. The number of piperazine rings is 1.